The summed E-state index contributed by atoms with van der Waals surface area (Å²) in [5.41, 5.74) is 0. The molecule has 0 spiro atoms. The molecule has 0 radical (unpaired) electrons. The van der Waals surface area contributed by atoms with Crippen LogP contribution in [0.5, 0.6) is 0 Å². The van der Waals surface area contributed by atoms with Gasteiger partial charge in [-0.15, -0.1) is 0 Å². The molecular weight excluding hydrogens is 227 g/mol. The molecule has 0 aromatic carbocycles. The number of rotatable bonds is 0. The molecular formula is H4F6NO3V. The second-order valence-electron chi connectivity index (χ2n) is 2.48. The molecule has 0 fully saturated rings. The molecule has 0 bridgehead atoms. The summed E-state index contributed by atoms with van der Waals surface area (Å²) in [4.78, 5) is 0. The zero-order valence-electron chi connectivity index (χ0n) is 4.69. The maximum atomic E-state index is 10.4. The fourth-order valence-electron chi connectivity index (χ4n) is 0. The molecule has 4 N–H and O–H groups in total. The molecule has 11 heavy (non-hydrogen) atoms. The molecule has 0 heterocycles. The fourth-order valence-corrected chi connectivity index (χ4v) is 0. The molecule has 0 aliphatic rings. The Morgan fingerprint density at radius 2 is 0.818 bits per heavy atom. The first-order valence-electron chi connectivity index (χ1n) is 1.58. The molecule has 0 rings (SSSR count). The SMILES string of the molecule is N.[O]=[V](=[O])([OH])([F])([F])([F])([F])([F])[F]. The van der Waals surface area contributed by atoms with Crippen LogP contribution in [0.1, 0.15) is 0 Å². The minimum absolute atomic E-state index is 0. The van der Waals surface area contributed by atoms with Crippen molar-refractivity contribution in [2.45, 2.75) is 0 Å². The van der Waals surface area contributed by atoms with E-state index in [1.165, 1.54) is 0 Å². The zero-order chi connectivity index (χ0) is 9.33. The van der Waals surface area contributed by atoms with Gasteiger partial charge in [0.2, 0.25) is 0 Å². The molecule has 0 aliphatic heterocycles. The second kappa shape index (κ2) is 0.574. The average molecular weight is 231 g/mol. The molecule has 74 valence electrons. The van der Waals surface area contributed by atoms with Crippen LogP contribution in [0.25, 0.3) is 0 Å². The summed E-state index contributed by atoms with van der Waals surface area (Å²) >= 11 is -16.2. The van der Waals surface area contributed by atoms with Gasteiger partial charge in [0.05, 0.1) is 0 Å². The van der Waals surface area contributed by atoms with Gasteiger partial charge in [-0.05, 0) is 0 Å². The van der Waals surface area contributed by atoms with Crippen LogP contribution in [-0.2, 0) is 18.9 Å². The Morgan fingerprint density at radius 3 is 0.818 bits per heavy atom. The van der Waals surface area contributed by atoms with Crippen molar-refractivity contribution in [1.29, 1.82) is 0 Å². The molecule has 11 heteroatoms. The number of hydrogen-bond donors (Lipinski definition) is 2. The fraction of sp³-hybridized carbons (Fsp3) is 0. The van der Waals surface area contributed by atoms with Crippen molar-refractivity contribution in [3.8, 4) is 0 Å². The van der Waals surface area contributed by atoms with Crippen LogP contribution in [-0.4, -0.2) is 4.03 Å². The van der Waals surface area contributed by atoms with Crippen LogP contribution in [0.15, 0.2) is 0 Å². The van der Waals surface area contributed by atoms with Crippen LogP contribution in [0.4, 0.5) is 20.4 Å². The molecule has 0 aromatic rings. The van der Waals surface area contributed by atoms with Gasteiger partial charge >= 0.3 is 43.3 Å². The van der Waals surface area contributed by atoms with Gasteiger partial charge < -0.3 is 6.15 Å². The van der Waals surface area contributed by atoms with Crippen LogP contribution in [0, 0.1) is 0 Å². The Morgan fingerprint density at radius 1 is 0.818 bits per heavy atom. The number of halogens is 6. The topological polar surface area (TPSA) is 89.4 Å². The third-order valence-corrected chi connectivity index (χ3v) is 0. The van der Waals surface area contributed by atoms with Crippen LogP contribution in [0.2, 0.25) is 0 Å². The normalized spacial score (nSPS) is 31.7. The summed E-state index contributed by atoms with van der Waals surface area (Å²) in [6.07, 6.45) is 0. The van der Waals surface area contributed by atoms with E-state index in [-0.39, 0.29) is 6.15 Å². The van der Waals surface area contributed by atoms with Crippen molar-refractivity contribution >= 4 is 0 Å². The van der Waals surface area contributed by atoms with Crippen molar-refractivity contribution in [2.75, 3.05) is 0 Å². The van der Waals surface area contributed by atoms with Crippen molar-refractivity contribution in [2.24, 2.45) is 0 Å². The van der Waals surface area contributed by atoms with Gasteiger partial charge in [-0.1, -0.05) is 0 Å². The van der Waals surface area contributed by atoms with E-state index in [0.717, 1.165) is 0 Å². The van der Waals surface area contributed by atoms with Gasteiger partial charge in [-0.3, -0.25) is 0 Å². The van der Waals surface area contributed by atoms with Crippen molar-refractivity contribution in [3.63, 3.8) is 0 Å². The third kappa shape index (κ3) is 5740. The first-order chi connectivity index (χ1) is 3.00. The van der Waals surface area contributed by atoms with E-state index in [4.69, 9.17) is 11.4 Å². The van der Waals surface area contributed by atoms with E-state index >= 15 is 0 Å². The summed E-state index contributed by atoms with van der Waals surface area (Å²) in [7, 11) is 0. The summed E-state index contributed by atoms with van der Waals surface area (Å²) in [5.74, 6) is 0. The monoisotopic (exact) mass is 231 g/mol. The van der Waals surface area contributed by atoms with Gasteiger partial charge in [-0.2, -0.15) is 0 Å². The molecule has 0 saturated heterocycles. The van der Waals surface area contributed by atoms with Crippen LogP contribution < -0.4 is 6.15 Å². The van der Waals surface area contributed by atoms with E-state index < -0.39 is 11.5 Å². The summed E-state index contributed by atoms with van der Waals surface area (Å²) in [6.45, 7) is 0. The second-order valence-corrected chi connectivity index (χ2v) is 10.2. The predicted molar refractivity (Wildman–Crippen MR) is 15.3 cm³/mol. The van der Waals surface area contributed by atoms with Gasteiger partial charge in [0.1, 0.15) is 0 Å². The van der Waals surface area contributed by atoms with E-state index in [9.17, 15) is 20.4 Å². The first-order valence-corrected chi connectivity index (χ1v) is 6.51. The van der Waals surface area contributed by atoms with E-state index in [2.05, 4.69) is 0 Å². The van der Waals surface area contributed by atoms with Gasteiger partial charge in [-0.25, -0.2) is 0 Å². The molecule has 4 nitrogen and oxygen atoms in total. The van der Waals surface area contributed by atoms with Gasteiger partial charge in [0, 0.05) is 0 Å². The Bertz CT molecular complexity index is 417. The van der Waals surface area contributed by atoms with Crippen molar-refractivity contribution in [3.05, 3.63) is 0 Å². The molecule has 0 aromatic heterocycles. The first kappa shape index (κ1) is 13.3. The standard InChI is InChI=1S/6FH.H3N.H2O.2O.V/h6*1H;1H3;1H2;;;/q;;;;;;;;;;+7/p-7. The average Bonchev–Trinajstić information content (AvgIpc) is 0.469. The molecule has 0 aliphatic carbocycles. The van der Waals surface area contributed by atoms with E-state index in [1.54, 1.807) is 0 Å². The third-order valence-electron chi connectivity index (χ3n) is 0. The Labute approximate surface area is 50.4 Å². The minimum atomic E-state index is -16.2. The van der Waals surface area contributed by atoms with Crippen molar-refractivity contribution in [1.82, 2.24) is 6.15 Å². The quantitative estimate of drug-likeness (QED) is 0.622. The zero-order valence-corrected chi connectivity index (χ0v) is 6.08. The Balaban J connectivity index is 0. The van der Waals surface area contributed by atoms with Gasteiger partial charge in [0.15, 0.2) is 0 Å². The molecule has 0 amide bonds. The van der Waals surface area contributed by atoms with Crippen LogP contribution >= 0.6 is 0 Å². The summed E-state index contributed by atoms with van der Waals surface area (Å²) in [6, 6.07) is 0. The van der Waals surface area contributed by atoms with E-state index in [1.807, 2.05) is 0 Å². The molecule has 0 atom stereocenters. The predicted octanol–water partition coefficient (Wildman–Crippen LogP) is 1.89. The van der Waals surface area contributed by atoms with Crippen LogP contribution in [0.3, 0.4) is 0 Å². The molecule has 0 unspecified atom stereocenters. The van der Waals surface area contributed by atoms with Gasteiger partial charge in [0.25, 0.3) is 0 Å². The molecule has 0 saturated carbocycles. The maximum absolute atomic E-state index is 16.2. The Hall–Kier alpha value is -0.316. The Kier molecular flexibility index (Phi) is 0.693. The summed E-state index contributed by atoms with van der Waals surface area (Å²) in [5, 5.41) is 0. The van der Waals surface area contributed by atoms with Crippen molar-refractivity contribution < 1.29 is 43.3 Å². The van der Waals surface area contributed by atoms with E-state index in [0.29, 0.717) is 0 Å². The number of hydrogen-bond acceptors (Lipinski definition) is 3. The summed E-state index contributed by atoms with van der Waals surface area (Å²) < 4.78 is 84.4.